The zero-order chi connectivity index (χ0) is 15.2. The van der Waals surface area contributed by atoms with Gasteiger partial charge in [0.1, 0.15) is 17.6 Å². The molecule has 1 aromatic heterocycles. The summed E-state index contributed by atoms with van der Waals surface area (Å²) < 4.78 is 11.1. The van der Waals surface area contributed by atoms with Gasteiger partial charge >= 0.3 is 5.97 Å². The molecule has 5 heteroatoms. The second kappa shape index (κ2) is 6.95. The molecular weight excluding hydrogens is 270 g/mol. The highest BCUT2D eigenvalue weighted by molar-refractivity contribution is 5.73. The summed E-state index contributed by atoms with van der Waals surface area (Å²) in [6, 6.07) is 12.2. The highest BCUT2D eigenvalue weighted by Crippen LogP contribution is 2.23. The van der Waals surface area contributed by atoms with Crippen LogP contribution in [0.3, 0.4) is 0 Å². The van der Waals surface area contributed by atoms with Gasteiger partial charge in [-0.05, 0) is 24.1 Å². The number of carboxylic acid groups (broad SMARTS) is 1. The zero-order valence-corrected chi connectivity index (χ0v) is 12.1. The third kappa shape index (κ3) is 4.36. The number of rotatable bonds is 7. The summed E-state index contributed by atoms with van der Waals surface area (Å²) in [7, 11) is 0. The van der Waals surface area contributed by atoms with Crippen LogP contribution in [0.1, 0.15) is 19.6 Å². The summed E-state index contributed by atoms with van der Waals surface area (Å²) in [4.78, 5) is 11.1. The molecule has 112 valence electrons. The van der Waals surface area contributed by atoms with E-state index < -0.39 is 12.0 Å². The summed E-state index contributed by atoms with van der Waals surface area (Å²) in [6.07, 6.45) is 0. The second-order valence-corrected chi connectivity index (χ2v) is 5.08. The number of aliphatic carboxylic acids is 1. The maximum absolute atomic E-state index is 11.1. The minimum absolute atomic E-state index is 0.00231. The third-order valence-corrected chi connectivity index (χ3v) is 3.03. The highest BCUT2D eigenvalue weighted by Gasteiger charge is 2.21. The Kier molecular flexibility index (Phi) is 5.00. The van der Waals surface area contributed by atoms with E-state index in [-0.39, 0.29) is 5.92 Å². The number of nitrogens with one attached hydrogen (secondary N) is 1. The first-order valence-electron chi connectivity index (χ1n) is 6.84. The Balaban J connectivity index is 1.93. The smallest absolute Gasteiger partial charge is 0.320 e. The molecule has 0 bridgehead atoms. The van der Waals surface area contributed by atoms with Gasteiger partial charge in [-0.1, -0.05) is 32.0 Å². The first kappa shape index (κ1) is 15.1. The van der Waals surface area contributed by atoms with E-state index in [1.807, 2.05) is 44.2 Å². The Morgan fingerprint density at radius 2 is 1.95 bits per heavy atom. The number of carbonyl (C=O) groups is 1. The molecule has 21 heavy (non-hydrogen) atoms. The lowest BCUT2D eigenvalue weighted by molar-refractivity contribution is -0.140. The van der Waals surface area contributed by atoms with Crippen LogP contribution < -0.4 is 10.1 Å². The summed E-state index contributed by atoms with van der Waals surface area (Å²) in [5, 5.41) is 12.1. The second-order valence-electron chi connectivity index (χ2n) is 5.08. The normalized spacial score (nSPS) is 12.3. The summed E-state index contributed by atoms with van der Waals surface area (Å²) in [5.74, 6) is 0.842. The average molecular weight is 289 g/mol. The Hall–Kier alpha value is -2.27. The van der Waals surface area contributed by atoms with Crippen LogP contribution in [0.2, 0.25) is 0 Å². The molecule has 0 aliphatic rings. The van der Waals surface area contributed by atoms with Crippen molar-refractivity contribution in [2.24, 2.45) is 5.92 Å². The molecule has 2 aromatic rings. The molecule has 0 amide bonds. The first-order chi connectivity index (χ1) is 10.1. The van der Waals surface area contributed by atoms with Crippen LogP contribution in [-0.2, 0) is 11.3 Å². The minimum atomic E-state index is -0.864. The number of para-hydroxylation sites is 1. The molecule has 0 fully saturated rings. The van der Waals surface area contributed by atoms with E-state index in [1.54, 1.807) is 12.1 Å². The fraction of sp³-hybridized carbons (Fsp3) is 0.312. The van der Waals surface area contributed by atoms with Crippen LogP contribution in [0, 0.1) is 5.92 Å². The lowest BCUT2D eigenvalue weighted by Crippen LogP contribution is -2.40. The van der Waals surface area contributed by atoms with E-state index in [2.05, 4.69) is 5.32 Å². The van der Waals surface area contributed by atoms with Crippen molar-refractivity contribution in [3.05, 3.63) is 48.2 Å². The van der Waals surface area contributed by atoms with E-state index in [0.717, 1.165) is 0 Å². The summed E-state index contributed by atoms with van der Waals surface area (Å²) >= 11 is 0. The average Bonchev–Trinajstić information content (AvgIpc) is 2.87. The van der Waals surface area contributed by atoms with Crippen molar-refractivity contribution >= 4 is 5.97 Å². The van der Waals surface area contributed by atoms with E-state index in [0.29, 0.717) is 24.0 Å². The van der Waals surface area contributed by atoms with Gasteiger partial charge in [-0.25, -0.2) is 0 Å². The van der Waals surface area contributed by atoms with Crippen molar-refractivity contribution in [2.45, 2.75) is 26.4 Å². The lowest BCUT2D eigenvalue weighted by atomic mass is 10.1. The highest BCUT2D eigenvalue weighted by atomic mass is 16.6. The van der Waals surface area contributed by atoms with Gasteiger partial charge in [0.2, 0.25) is 0 Å². The van der Waals surface area contributed by atoms with Crippen LogP contribution >= 0.6 is 0 Å². The molecular formula is C16H19NO4. The number of ether oxygens (including phenoxy) is 1. The number of carboxylic acids is 1. The summed E-state index contributed by atoms with van der Waals surface area (Å²) in [6.45, 7) is 4.06. The van der Waals surface area contributed by atoms with E-state index in [4.69, 9.17) is 14.3 Å². The lowest BCUT2D eigenvalue weighted by Gasteiger charge is -2.16. The molecule has 0 saturated carbocycles. The zero-order valence-electron chi connectivity index (χ0n) is 12.1. The van der Waals surface area contributed by atoms with Crippen LogP contribution in [0.25, 0.3) is 0 Å². The largest absolute Gasteiger partial charge is 0.480 e. The van der Waals surface area contributed by atoms with Crippen LogP contribution in [0.15, 0.2) is 46.9 Å². The fourth-order valence-corrected chi connectivity index (χ4v) is 1.93. The number of hydrogen-bond donors (Lipinski definition) is 2. The van der Waals surface area contributed by atoms with E-state index >= 15 is 0 Å². The van der Waals surface area contributed by atoms with Crippen molar-refractivity contribution in [3.63, 3.8) is 0 Å². The van der Waals surface area contributed by atoms with Crippen LogP contribution in [0.4, 0.5) is 0 Å². The molecule has 1 aromatic carbocycles. The quantitative estimate of drug-likeness (QED) is 0.818. The van der Waals surface area contributed by atoms with Crippen molar-refractivity contribution in [3.8, 4) is 11.7 Å². The molecule has 0 aliphatic carbocycles. The molecule has 0 saturated heterocycles. The predicted molar refractivity (Wildman–Crippen MR) is 78.3 cm³/mol. The van der Waals surface area contributed by atoms with Crippen molar-refractivity contribution < 1.29 is 19.1 Å². The van der Waals surface area contributed by atoms with Crippen LogP contribution in [-0.4, -0.2) is 17.1 Å². The Labute approximate surface area is 123 Å². The molecule has 0 spiro atoms. The number of hydrogen-bond acceptors (Lipinski definition) is 4. The monoisotopic (exact) mass is 289 g/mol. The molecule has 2 rings (SSSR count). The topological polar surface area (TPSA) is 71.7 Å². The van der Waals surface area contributed by atoms with Gasteiger partial charge < -0.3 is 14.3 Å². The van der Waals surface area contributed by atoms with Gasteiger partial charge in [0.05, 0.1) is 6.54 Å². The molecule has 0 unspecified atom stereocenters. The Morgan fingerprint density at radius 3 is 2.57 bits per heavy atom. The molecule has 1 atom stereocenters. The van der Waals surface area contributed by atoms with Gasteiger partial charge in [-0.15, -0.1) is 0 Å². The maximum atomic E-state index is 11.1. The van der Waals surface area contributed by atoms with E-state index in [1.165, 1.54) is 0 Å². The van der Waals surface area contributed by atoms with Crippen molar-refractivity contribution in [1.82, 2.24) is 5.32 Å². The third-order valence-electron chi connectivity index (χ3n) is 3.03. The van der Waals surface area contributed by atoms with Gasteiger partial charge in [-0.3, -0.25) is 10.1 Å². The molecule has 0 aliphatic heterocycles. The Bertz CT molecular complexity index is 577. The molecule has 1 heterocycles. The Morgan fingerprint density at radius 1 is 1.24 bits per heavy atom. The standard InChI is InChI=1S/C16H19NO4/c1-11(2)15(16(18)19)17-10-13-8-9-14(21-13)20-12-6-4-3-5-7-12/h3-9,11,15,17H,10H2,1-2H3,(H,18,19)/t15-/m0/s1. The van der Waals surface area contributed by atoms with E-state index in [9.17, 15) is 4.79 Å². The predicted octanol–water partition coefficient (Wildman–Crippen LogP) is 3.27. The first-order valence-corrected chi connectivity index (χ1v) is 6.84. The maximum Gasteiger partial charge on any atom is 0.320 e. The fourth-order valence-electron chi connectivity index (χ4n) is 1.93. The van der Waals surface area contributed by atoms with Crippen LogP contribution in [0.5, 0.6) is 11.7 Å². The number of benzene rings is 1. The van der Waals surface area contributed by atoms with Gasteiger partial charge in [0, 0.05) is 6.07 Å². The van der Waals surface area contributed by atoms with Crippen molar-refractivity contribution in [1.29, 1.82) is 0 Å². The molecule has 2 N–H and O–H groups in total. The SMILES string of the molecule is CC(C)[C@H](NCc1ccc(Oc2ccccc2)o1)C(=O)O. The minimum Gasteiger partial charge on any atom is -0.480 e. The van der Waals surface area contributed by atoms with Gasteiger partial charge in [0.15, 0.2) is 0 Å². The molecule has 5 nitrogen and oxygen atoms in total. The molecule has 0 radical (unpaired) electrons. The van der Waals surface area contributed by atoms with Crippen molar-refractivity contribution in [2.75, 3.05) is 0 Å². The van der Waals surface area contributed by atoms with Gasteiger partial charge in [0.25, 0.3) is 5.95 Å². The van der Waals surface area contributed by atoms with Gasteiger partial charge in [-0.2, -0.15) is 0 Å². The summed E-state index contributed by atoms with van der Waals surface area (Å²) in [5.41, 5.74) is 0. The number of furan rings is 1.